The van der Waals surface area contributed by atoms with E-state index in [9.17, 15) is 30.3 Å². The number of hydrogen-bond acceptors (Lipinski definition) is 9. The van der Waals surface area contributed by atoms with Crippen LogP contribution in [0.25, 0.3) is 0 Å². The zero-order valence-corrected chi connectivity index (χ0v) is 16.2. The molecule has 0 aliphatic heterocycles. The van der Waals surface area contributed by atoms with E-state index in [2.05, 4.69) is 5.32 Å². The van der Waals surface area contributed by atoms with Crippen molar-refractivity contribution >= 4 is 5.91 Å². The molecular formula is C17H35NO9. The SMILES string of the molecule is CCCCC[C@@H](O)[C@@H](O)[C@H](COC(OC(CO)[C@@H](C)O)C(O)O)NC(C)=O. The third kappa shape index (κ3) is 10.9. The van der Waals surface area contributed by atoms with Crippen LogP contribution in [0.1, 0.15) is 46.5 Å². The van der Waals surface area contributed by atoms with Gasteiger partial charge in [0.1, 0.15) is 12.2 Å². The van der Waals surface area contributed by atoms with Crippen molar-refractivity contribution in [3.63, 3.8) is 0 Å². The molecule has 6 atom stereocenters. The van der Waals surface area contributed by atoms with Gasteiger partial charge in [0.15, 0.2) is 0 Å². The molecule has 0 spiro atoms. The Balaban J connectivity index is 4.90. The van der Waals surface area contributed by atoms with Crippen molar-refractivity contribution in [2.45, 2.75) is 89.5 Å². The molecule has 0 radical (unpaired) electrons. The van der Waals surface area contributed by atoms with Crippen LogP contribution in [0, 0.1) is 0 Å². The van der Waals surface area contributed by atoms with Crippen LogP contribution < -0.4 is 5.32 Å². The minimum atomic E-state index is -2.10. The molecule has 10 heteroatoms. The van der Waals surface area contributed by atoms with E-state index in [-0.39, 0.29) is 0 Å². The first-order chi connectivity index (χ1) is 12.6. The molecule has 0 rings (SSSR count). The molecule has 162 valence electrons. The molecule has 0 aromatic rings. The molecule has 0 aliphatic carbocycles. The first-order valence-corrected chi connectivity index (χ1v) is 9.19. The van der Waals surface area contributed by atoms with Gasteiger partial charge in [-0.05, 0) is 13.3 Å². The topological polar surface area (TPSA) is 169 Å². The molecule has 0 bridgehead atoms. The van der Waals surface area contributed by atoms with Crippen LogP contribution in [0.3, 0.4) is 0 Å². The quantitative estimate of drug-likeness (QED) is 0.125. The van der Waals surface area contributed by atoms with E-state index in [1.54, 1.807) is 0 Å². The van der Waals surface area contributed by atoms with Crippen LogP contribution in [0.15, 0.2) is 0 Å². The number of carbonyl (C=O) groups is 1. The highest BCUT2D eigenvalue weighted by Crippen LogP contribution is 2.13. The zero-order chi connectivity index (χ0) is 21.0. The molecule has 0 aliphatic rings. The maximum absolute atomic E-state index is 11.4. The number of unbranched alkanes of at least 4 members (excludes halogenated alkanes) is 2. The summed E-state index contributed by atoms with van der Waals surface area (Å²) in [4.78, 5) is 11.4. The van der Waals surface area contributed by atoms with Gasteiger partial charge in [0.25, 0.3) is 0 Å². The van der Waals surface area contributed by atoms with Crippen molar-refractivity contribution in [3.05, 3.63) is 0 Å². The number of nitrogens with one attached hydrogen (secondary N) is 1. The molecule has 7 N–H and O–H groups in total. The van der Waals surface area contributed by atoms with Crippen LogP contribution in [-0.4, -0.2) is 92.8 Å². The maximum atomic E-state index is 11.4. The first-order valence-electron chi connectivity index (χ1n) is 9.19. The predicted molar refractivity (Wildman–Crippen MR) is 95.4 cm³/mol. The molecule has 0 saturated carbocycles. The minimum absolute atomic E-state index is 0.336. The lowest BCUT2D eigenvalue weighted by Crippen LogP contribution is -2.52. The summed E-state index contributed by atoms with van der Waals surface area (Å²) >= 11 is 0. The highest BCUT2D eigenvalue weighted by molar-refractivity contribution is 5.73. The molecule has 10 nitrogen and oxygen atoms in total. The Morgan fingerprint density at radius 3 is 2.19 bits per heavy atom. The van der Waals surface area contributed by atoms with Gasteiger partial charge in [0.2, 0.25) is 18.5 Å². The molecule has 1 amide bonds. The second-order valence-corrected chi connectivity index (χ2v) is 6.57. The summed E-state index contributed by atoms with van der Waals surface area (Å²) < 4.78 is 10.3. The van der Waals surface area contributed by atoms with Gasteiger partial charge in [0.05, 0.1) is 31.5 Å². The van der Waals surface area contributed by atoms with Crippen molar-refractivity contribution in [1.82, 2.24) is 5.32 Å². The standard InChI is InChI=1S/C17H35NO9/c1-4-5-6-7-13(22)15(23)12(18-11(3)21)9-26-17(16(24)25)27-14(8-19)10(2)20/h10,12-17,19-20,22-25H,4-9H2,1-3H3,(H,18,21)/t10-,12+,13-,14?,15+,17?/m1/s1. The molecule has 0 heterocycles. The van der Waals surface area contributed by atoms with Gasteiger partial charge < -0.3 is 45.4 Å². The van der Waals surface area contributed by atoms with Gasteiger partial charge in [-0.1, -0.05) is 26.2 Å². The van der Waals surface area contributed by atoms with Crippen molar-refractivity contribution in [2.24, 2.45) is 0 Å². The van der Waals surface area contributed by atoms with Gasteiger partial charge >= 0.3 is 0 Å². The van der Waals surface area contributed by atoms with E-state index >= 15 is 0 Å². The summed E-state index contributed by atoms with van der Waals surface area (Å²) in [6, 6.07) is -1.02. The fraction of sp³-hybridized carbons (Fsp3) is 0.941. The first kappa shape index (κ1) is 26.1. The van der Waals surface area contributed by atoms with Crippen LogP contribution in [0.2, 0.25) is 0 Å². The van der Waals surface area contributed by atoms with E-state index in [1.807, 2.05) is 6.92 Å². The van der Waals surface area contributed by atoms with Gasteiger partial charge in [0, 0.05) is 6.92 Å². The van der Waals surface area contributed by atoms with Crippen molar-refractivity contribution in [3.8, 4) is 0 Å². The fourth-order valence-corrected chi connectivity index (χ4v) is 2.40. The molecule has 0 fully saturated rings. The fourth-order valence-electron chi connectivity index (χ4n) is 2.40. The molecule has 2 unspecified atom stereocenters. The average molecular weight is 397 g/mol. The minimum Gasteiger partial charge on any atom is -0.394 e. The third-order valence-corrected chi connectivity index (χ3v) is 4.01. The number of rotatable bonds is 15. The van der Waals surface area contributed by atoms with E-state index in [0.717, 1.165) is 12.8 Å². The molecule has 27 heavy (non-hydrogen) atoms. The number of amides is 1. The summed E-state index contributed by atoms with van der Waals surface area (Å²) in [5, 5.41) is 60.2. The molecular weight excluding hydrogens is 362 g/mol. The van der Waals surface area contributed by atoms with Crippen LogP contribution in [0.4, 0.5) is 0 Å². The van der Waals surface area contributed by atoms with Gasteiger partial charge in [-0.2, -0.15) is 0 Å². The number of aliphatic hydroxyl groups is 6. The Morgan fingerprint density at radius 1 is 1.11 bits per heavy atom. The normalized spacial score (nSPS) is 18.6. The lowest BCUT2D eigenvalue weighted by Gasteiger charge is -2.31. The summed E-state index contributed by atoms with van der Waals surface area (Å²) in [7, 11) is 0. The van der Waals surface area contributed by atoms with Crippen LogP contribution in [0.5, 0.6) is 0 Å². The lowest BCUT2D eigenvalue weighted by molar-refractivity contribution is -0.283. The van der Waals surface area contributed by atoms with Gasteiger partial charge in [-0.25, -0.2) is 0 Å². The van der Waals surface area contributed by atoms with E-state index in [0.29, 0.717) is 12.8 Å². The smallest absolute Gasteiger partial charge is 0.217 e. The number of aliphatic hydroxyl groups excluding tert-OH is 5. The monoisotopic (exact) mass is 397 g/mol. The summed E-state index contributed by atoms with van der Waals surface area (Å²) in [5.74, 6) is -0.470. The summed E-state index contributed by atoms with van der Waals surface area (Å²) in [5.41, 5.74) is 0. The Bertz CT molecular complexity index is 395. The number of hydrogen-bond donors (Lipinski definition) is 7. The third-order valence-electron chi connectivity index (χ3n) is 4.01. The van der Waals surface area contributed by atoms with E-state index in [4.69, 9.17) is 14.6 Å². The molecule has 0 saturated heterocycles. The van der Waals surface area contributed by atoms with Crippen molar-refractivity contribution < 1.29 is 44.9 Å². The Kier molecular flexibility index (Phi) is 13.7. The second kappa shape index (κ2) is 14.2. The number of ether oxygens (including phenoxy) is 2. The predicted octanol–water partition coefficient (Wildman–Crippen LogP) is -1.80. The zero-order valence-electron chi connectivity index (χ0n) is 16.2. The summed E-state index contributed by atoms with van der Waals surface area (Å²) in [6.07, 6.45) is -5.52. The molecule has 0 aromatic carbocycles. The Labute approximate surface area is 159 Å². The highest BCUT2D eigenvalue weighted by atomic mass is 16.7. The van der Waals surface area contributed by atoms with Crippen LogP contribution >= 0.6 is 0 Å². The Hall–Kier alpha value is -0.850. The molecule has 0 aromatic heterocycles. The number of carbonyl (C=O) groups excluding carboxylic acids is 1. The summed E-state index contributed by atoms with van der Waals surface area (Å²) in [6.45, 7) is 3.60. The average Bonchev–Trinajstić information content (AvgIpc) is 2.59. The highest BCUT2D eigenvalue weighted by Gasteiger charge is 2.31. The van der Waals surface area contributed by atoms with Gasteiger partial charge in [-0.3, -0.25) is 4.79 Å². The second-order valence-electron chi connectivity index (χ2n) is 6.57. The van der Waals surface area contributed by atoms with Crippen molar-refractivity contribution in [1.29, 1.82) is 0 Å². The van der Waals surface area contributed by atoms with Crippen molar-refractivity contribution in [2.75, 3.05) is 13.2 Å². The Morgan fingerprint density at radius 2 is 1.74 bits per heavy atom. The largest absolute Gasteiger partial charge is 0.394 e. The van der Waals surface area contributed by atoms with E-state index < -0.39 is 62.2 Å². The van der Waals surface area contributed by atoms with E-state index in [1.165, 1.54) is 13.8 Å². The van der Waals surface area contributed by atoms with Crippen LogP contribution in [-0.2, 0) is 14.3 Å². The maximum Gasteiger partial charge on any atom is 0.217 e. The lowest BCUT2D eigenvalue weighted by atomic mass is 10.0. The van der Waals surface area contributed by atoms with Gasteiger partial charge in [-0.15, -0.1) is 0 Å².